The summed E-state index contributed by atoms with van der Waals surface area (Å²) in [4.78, 5) is 10.7. The maximum Gasteiger partial charge on any atom is 0.194 e. The lowest BCUT2D eigenvalue weighted by Crippen LogP contribution is -1.86. The van der Waals surface area contributed by atoms with E-state index in [-0.39, 0.29) is 0 Å². The van der Waals surface area contributed by atoms with Crippen LogP contribution < -0.4 is 4.74 Å². The summed E-state index contributed by atoms with van der Waals surface area (Å²) in [6.45, 7) is 0. The third kappa shape index (κ3) is 2.33. The Morgan fingerprint density at radius 1 is 1.04 bits per heavy atom. The predicted octanol–water partition coefficient (Wildman–Crippen LogP) is 5.35. The molecule has 0 atom stereocenters. The molecule has 3 aromatic heterocycles. The van der Waals surface area contributed by atoms with Gasteiger partial charge in [0.2, 0.25) is 0 Å². The standard InChI is InChI=1S/C19H13N3OS2/c1-23-13-7-8-14-15(11-13)25-18(20-14)17-16(12-5-3-2-4-6-12)21-19-22(17)9-10-24-19/h2-11H,1H3. The molecule has 0 aliphatic carbocycles. The zero-order chi connectivity index (χ0) is 16.8. The Balaban J connectivity index is 1.78. The molecule has 0 amide bonds. The van der Waals surface area contributed by atoms with Crippen LogP contribution in [-0.2, 0) is 0 Å². The molecule has 0 bridgehead atoms. The van der Waals surface area contributed by atoms with E-state index in [9.17, 15) is 0 Å². The van der Waals surface area contributed by atoms with E-state index in [0.29, 0.717) is 0 Å². The van der Waals surface area contributed by atoms with Crippen molar-refractivity contribution in [3.63, 3.8) is 0 Å². The summed E-state index contributed by atoms with van der Waals surface area (Å²) in [5, 5.41) is 3.02. The van der Waals surface area contributed by atoms with Crippen LogP contribution in [0.2, 0.25) is 0 Å². The monoisotopic (exact) mass is 363 g/mol. The topological polar surface area (TPSA) is 39.4 Å². The van der Waals surface area contributed by atoms with Gasteiger partial charge in [-0.1, -0.05) is 30.3 Å². The van der Waals surface area contributed by atoms with Crippen molar-refractivity contribution in [1.29, 1.82) is 0 Å². The van der Waals surface area contributed by atoms with Crippen LogP contribution in [0.25, 0.3) is 37.1 Å². The molecular weight excluding hydrogens is 350 g/mol. The maximum absolute atomic E-state index is 5.34. The average molecular weight is 363 g/mol. The lowest BCUT2D eigenvalue weighted by Gasteiger charge is -2.01. The lowest BCUT2D eigenvalue weighted by molar-refractivity contribution is 0.415. The van der Waals surface area contributed by atoms with Crippen molar-refractivity contribution in [3.05, 3.63) is 60.1 Å². The highest BCUT2D eigenvalue weighted by Crippen LogP contribution is 2.38. The number of nitrogens with zero attached hydrogens (tertiary/aromatic N) is 3. The molecule has 4 nitrogen and oxygen atoms in total. The number of benzene rings is 2. The molecule has 0 N–H and O–H groups in total. The molecule has 0 aliphatic rings. The highest BCUT2D eigenvalue weighted by molar-refractivity contribution is 7.21. The van der Waals surface area contributed by atoms with Gasteiger partial charge in [-0.2, -0.15) is 0 Å². The van der Waals surface area contributed by atoms with E-state index < -0.39 is 0 Å². The molecule has 0 unspecified atom stereocenters. The number of hydrogen-bond acceptors (Lipinski definition) is 5. The van der Waals surface area contributed by atoms with Crippen LogP contribution in [0.5, 0.6) is 5.75 Å². The summed E-state index contributed by atoms with van der Waals surface area (Å²) in [6, 6.07) is 16.3. The quantitative estimate of drug-likeness (QED) is 0.434. The Hall–Kier alpha value is -2.70. The van der Waals surface area contributed by atoms with E-state index in [1.807, 2.05) is 36.4 Å². The van der Waals surface area contributed by atoms with Crippen molar-refractivity contribution in [2.45, 2.75) is 0 Å². The fourth-order valence-corrected chi connectivity index (χ4v) is 4.67. The Morgan fingerprint density at radius 2 is 1.92 bits per heavy atom. The van der Waals surface area contributed by atoms with Gasteiger partial charge in [-0.15, -0.1) is 22.7 Å². The summed E-state index contributed by atoms with van der Waals surface area (Å²) in [7, 11) is 1.68. The SMILES string of the molecule is COc1ccc2nc(-c3c(-c4ccccc4)nc4sccn34)sc2c1. The van der Waals surface area contributed by atoms with Crippen LogP contribution in [0.3, 0.4) is 0 Å². The number of imidazole rings is 1. The summed E-state index contributed by atoms with van der Waals surface area (Å²) in [5.74, 6) is 0.847. The van der Waals surface area contributed by atoms with Crippen LogP contribution in [0.15, 0.2) is 60.1 Å². The Labute approximate surface area is 152 Å². The van der Waals surface area contributed by atoms with Crippen molar-refractivity contribution in [2.75, 3.05) is 7.11 Å². The minimum atomic E-state index is 0.847. The molecule has 2 aromatic carbocycles. The number of fused-ring (bicyclic) bond motifs is 2. The maximum atomic E-state index is 5.34. The van der Waals surface area contributed by atoms with E-state index in [1.54, 1.807) is 29.8 Å². The third-order valence-corrected chi connectivity index (χ3v) is 5.89. The predicted molar refractivity (Wildman–Crippen MR) is 104 cm³/mol. The van der Waals surface area contributed by atoms with Gasteiger partial charge in [-0.3, -0.25) is 4.40 Å². The first kappa shape index (κ1) is 14.6. The number of methoxy groups -OCH3 is 1. The zero-order valence-electron chi connectivity index (χ0n) is 13.3. The largest absolute Gasteiger partial charge is 0.497 e. The molecule has 0 fully saturated rings. The van der Waals surface area contributed by atoms with Gasteiger partial charge in [0.15, 0.2) is 4.96 Å². The van der Waals surface area contributed by atoms with Crippen molar-refractivity contribution in [2.24, 2.45) is 0 Å². The van der Waals surface area contributed by atoms with E-state index >= 15 is 0 Å². The van der Waals surface area contributed by atoms with Gasteiger partial charge in [-0.25, -0.2) is 9.97 Å². The fraction of sp³-hybridized carbons (Fsp3) is 0.0526. The first-order chi connectivity index (χ1) is 12.3. The second-order valence-electron chi connectivity index (χ2n) is 5.58. The molecule has 6 heteroatoms. The highest BCUT2D eigenvalue weighted by atomic mass is 32.1. The second-order valence-corrected chi connectivity index (χ2v) is 7.49. The van der Waals surface area contributed by atoms with Crippen LogP contribution >= 0.6 is 22.7 Å². The van der Waals surface area contributed by atoms with E-state index in [1.165, 1.54) is 0 Å². The van der Waals surface area contributed by atoms with Crippen molar-refractivity contribution >= 4 is 37.9 Å². The van der Waals surface area contributed by atoms with Gasteiger partial charge < -0.3 is 4.74 Å². The number of hydrogen-bond donors (Lipinski definition) is 0. The van der Waals surface area contributed by atoms with E-state index in [4.69, 9.17) is 14.7 Å². The third-order valence-electron chi connectivity index (χ3n) is 4.11. The molecular formula is C19H13N3OS2. The van der Waals surface area contributed by atoms with E-state index in [2.05, 4.69) is 28.1 Å². The van der Waals surface area contributed by atoms with Crippen molar-refractivity contribution in [1.82, 2.24) is 14.4 Å². The minimum absolute atomic E-state index is 0.847. The lowest BCUT2D eigenvalue weighted by atomic mass is 10.1. The Bertz CT molecular complexity index is 1190. The first-order valence-electron chi connectivity index (χ1n) is 7.79. The highest BCUT2D eigenvalue weighted by Gasteiger charge is 2.19. The number of ether oxygens (including phenoxy) is 1. The van der Waals surface area contributed by atoms with Crippen LogP contribution in [-0.4, -0.2) is 21.5 Å². The summed E-state index contributed by atoms with van der Waals surface area (Å²) < 4.78 is 8.57. The molecule has 5 aromatic rings. The second kappa shape index (κ2) is 5.68. The average Bonchev–Trinajstić information content (AvgIpc) is 3.34. The van der Waals surface area contributed by atoms with Crippen LogP contribution in [0.4, 0.5) is 0 Å². The van der Waals surface area contributed by atoms with Crippen LogP contribution in [0, 0.1) is 0 Å². The summed E-state index contributed by atoms with van der Waals surface area (Å²) in [6.07, 6.45) is 2.06. The molecule has 0 saturated carbocycles. The van der Waals surface area contributed by atoms with Gasteiger partial charge in [0.05, 0.1) is 17.3 Å². The van der Waals surface area contributed by atoms with Gasteiger partial charge in [0.25, 0.3) is 0 Å². The Kier molecular flexibility index (Phi) is 3.33. The number of aromatic nitrogens is 3. The van der Waals surface area contributed by atoms with Crippen molar-refractivity contribution < 1.29 is 4.74 Å². The van der Waals surface area contributed by atoms with Gasteiger partial charge in [0, 0.05) is 17.1 Å². The molecule has 0 saturated heterocycles. The fourth-order valence-electron chi connectivity index (χ4n) is 2.92. The normalized spacial score (nSPS) is 11.4. The summed E-state index contributed by atoms with van der Waals surface area (Å²) >= 11 is 3.30. The van der Waals surface area contributed by atoms with Gasteiger partial charge >= 0.3 is 0 Å². The number of thiazole rings is 2. The zero-order valence-corrected chi connectivity index (χ0v) is 15.0. The van der Waals surface area contributed by atoms with Crippen molar-refractivity contribution in [3.8, 4) is 27.7 Å². The minimum Gasteiger partial charge on any atom is -0.497 e. The Morgan fingerprint density at radius 3 is 2.76 bits per heavy atom. The molecule has 25 heavy (non-hydrogen) atoms. The van der Waals surface area contributed by atoms with E-state index in [0.717, 1.165) is 42.9 Å². The first-order valence-corrected chi connectivity index (χ1v) is 9.49. The number of rotatable bonds is 3. The molecule has 0 spiro atoms. The molecule has 5 rings (SSSR count). The van der Waals surface area contributed by atoms with Gasteiger partial charge in [-0.05, 0) is 18.2 Å². The smallest absolute Gasteiger partial charge is 0.194 e. The molecule has 0 aliphatic heterocycles. The van der Waals surface area contributed by atoms with Gasteiger partial charge in [0.1, 0.15) is 22.1 Å². The van der Waals surface area contributed by atoms with Crippen LogP contribution in [0.1, 0.15) is 0 Å². The summed E-state index contributed by atoms with van der Waals surface area (Å²) in [5.41, 5.74) is 4.09. The molecule has 122 valence electrons. The molecule has 3 heterocycles. The molecule has 0 radical (unpaired) electrons.